The summed E-state index contributed by atoms with van der Waals surface area (Å²) < 4.78 is 7.18. The van der Waals surface area contributed by atoms with E-state index in [1.54, 1.807) is 12.0 Å². The van der Waals surface area contributed by atoms with E-state index in [9.17, 15) is 10.1 Å². The number of piperazine rings is 1. The number of amides is 2. The summed E-state index contributed by atoms with van der Waals surface area (Å²) in [6.45, 7) is 2.99. The van der Waals surface area contributed by atoms with Gasteiger partial charge in [-0.2, -0.15) is 5.26 Å². The normalized spacial score (nSPS) is 14.6. The predicted molar refractivity (Wildman–Crippen MR) is 113 cm³/mol. The Bertz CT molecular complexity index is 1070. The summed E-state index contributed by atoms with van der Waals surface area (Å²) >= 11 is 0. The second-order valence-corrected chi connectivity index (χ2v) is 7.11. The third-order valence-corrected chi connectivity index (χ3v) is 5.33. The molecule has 1 aliphatic heterocycles. The van der Waals surface area contributed by atoms with E-state index in [0.29, 0.717) is 24.5 Å². The summed E-state index contributed by atoms with van der Waals surface area (Å²) in [5, 5.41) is 13.7. The first kappa shape index (κ1) is 18.8. The number of likely N-dealkylation sites (N-methyl/N-ethyl adjacent to an activating group) is 1. The van der Waals surface area contributed by atoms with E-state index in [-0.39, 0.29) is 6.03 Å². The van der Waals surface area contributed by atoms with Gasteiger partial charge in [-0.3, -0.25) is 9.88 Å². The average molecular weight is 389 g/mol. The quantitative estimate of drug-likeness (QED) is 0.746. The molecular weight excluding hydrogens is 366 g/mol. The van der Waals surface area contributed by atoms with Crippen LogP contribution in [0.15, 0.2) is 48.5 Å². The fraction of sp³-hybridized carbons (Fsp3) is 0.273. The maximum absolute atomic E-state index is 13.0. The van der Waals surface area contributed by atoms with Gasteiger partial charge in [0.05, 0.1) is 12.6 Å². The number of nitrogens with zero attached hydrogens (tertiary/aromatic N) is 4. The number of ether oxygens (including phenoxy) is 1. The van der Waals surface area contributed by atoms with Crippen LogP contribution in [0.1, 0.15) is 5.56 Å². The molecule has 0 atom stereocenters. The number of anilines is 1. The van der Waals surface area contributed by atoms with Crippen molar-refractivity contribution in [1.82, 2.24) is 14.4 Å². The Hall–Kier alpha value is -3.50. The number of methoxy groups -OCH3 is 1. The van der Waals surface area contributed by atoms with Crippen molar-refractivity contribution in [2.75, 3.05) is 45.7 Å². The monoisotopic (exact) mass is 389 g/mol. The molecule has 1 N–H and O–H groups in total. The van der Waals surface area contributed by atoms with Crippen LogP contribution < -0.4 is 10.1 Å². The van der Waals surface area contributed by atoms with Crippen LogP contribution in [0, 0.1) is 11.3 Å². The van der Waals surface area contributed by atoms with E-state index in [1.807, 2.05) is 60.1 Å². The molecule has 29 heavy (non-hydrogen) atoms. The van der Waals surface area contributed by atoms with Gasteiger partial charge in [-0.05, 0) is 37.4 Å². The van der Waals surface area contributed by atoms with Crippen LogP contribution in [-0.4, -0.2) is 60.7 Å². The number of aromatic nitrogens is 1. The van der Waals surface area contributed by atoms with Crippen molar-refractivity contribution in [3.05, 3.63) is 54.1 Å². The molecule has 0 aliphatic carbocycles. The largest absolute Gasteiger partial charge is 0.497 e. The van der Waals surface area contributed by atoms with Gasteiger partial charge >= 0.3 is 6.03 Å². The summed E-state index contributed by atoms with van der Waals surface area (Å²) in [7, 11) is 3.67. The number of urea groups is 1. The van der Waals surface area contributed by atoms with E-state index in [2.05, 4.69) is 16.3 Å². The second kappa shape index (κ2) is 7.86. The smallest absolute Gasteiger partial charge is 0.323 e. The zero-order valence-electron chi connectivity index (χ0n) is 16.6. The molecule has 1 fully saturated rings. The number of hydrogen-bond donors (Lipinski definition) is 1. The Morgan fingerprint density at radius 3 is 2.41 bits per heavy atom. The zero-order valence-corrected chi connectivity index (χ0v) is 16.6. The van der Waals surface area contributed by atoms with Crippen molar-refractivity contribution in [3.8, 4) is 17.5 Å². The molecule has 3 aromatic rings. The van der Waals surface area contributed by atoms with E-state index < -0.39 is 0 Å². The van der Waals surface area contributed by atoms with Crippen LogP contribution in [0.4, 0.5) is 10.6 Å². The highest BCUT2D eigenvalue weighted by molar-refractivity contribution is 6.00. The van der Waals surface area contributed by atoms with Gasteiger partial charge in [-0.1, -0.05) is 18.2 Å². The number of carbonyl (C=O) groups is 1. The maximum Gasteiger partial charge on any atom is 0.323 e. The van der Waals surface area contributed by atoms with Crippen molar-refractivity contribution in [2.24, 2.45) is 0 Å². The maximum atomic E-state index is 13.0. The van der Waals surface area contributed by atoms with Gasteiger partial charge in [-0.25, -0.2) is 4.79 Å². The van der Waals surface area contributed by atoms with Crippen molar-refractivity contribution in [2.45, 2.75) is 0 Å². The third kappa shape index (κ3) is 3.50. The van der Waals surface area contributed by atoms with Gasteiger partial charge < -0.3 is 14.5 Å². The van der Waals surface area contributed by atoms with Crippen LogP contribution in [-0.2, 0) is 0 Å². The van der Waals surface area contributed by atoms with Crippen molar-refractivity contribution in [1.29, 1.82) is 5.26 Å². The average Bonchev–Trinajstić information content (AvgIpc) is 3.07. The fourth-order valence-electron chi connectivity index (χ4n) is 3.66. The van der Waals surface area contributed by atoms with Gasteiger partial charge in [0, 0.05) is 37.3 Å². The first-order chi connectivity index (χ1) is 14.1. The molecule has 7 nitrogen and oxygen atoms in total. The number of nitriles is 1. The standard InChI is InChI=1S/C22H23N5O2/c1-25-11-13-26(14-12-25)22(28)24-21-19(15-23)18-5-3-4-6-20(18)27(21)16-7-9-17(29-2)10-8-16/h3-10H,11-14H2,1-2H3,(H,24,28). The summed E-state index contributed by atoms with van der Waals surface area (Å²) in [5.74, 6) is 1.23. The summed E-state index contributed by atoms with van der Waals surface area (Å²) in [4.78, 5) is 16.9. The van der Waals surface area contributed by atoms with Gasteiger partial charge in [0.15, 0.2) is 0 Å². The molecule has 0 unspecified atom stereocenters. The SMILES string of the molecule is COc1ccc(-n2c(NC(=O)N3CCN(C)CC3)c(C#N)c3ccccc32)cc1. The van der Waals surface area contributed by atoms with E-state index in [0.717, 1.165) is 35.4 Å². The molecule has 0 radical (unpaired) electrons. The number of fused-ring (bicyclic) bond motifs is 1. The molecule has 0 bridgehead atoms. The van der Waals surface area contributed by atoms with Crippen LogP contribution in [0.5, 0.6) is 5.75 Å². The van der Waals surface area contributed by atoms with Crippen LogP contribution >= 0.6 is 0 Å². The molecule has 1 aliphatic rings. The number of para-hydroxylation sites is 1. The highest BCUT2D eigenvalue weighted by atomic mass is 16.5. The summed E-state index contributed by atoms with van der Waals surface area (Å²) in [5.41, 5.74) is 2.17. The zero-order chi connectivity index (χ0) is 20.4. The molecule has 0 spiro atoms. The van der Waals surface area contributed by atoms with E-state index >= 15 is 0 Å². The lowest BCUT2D eigenvalue weighted by Crippen LogP contribution is -2.48. The molecule has 2 heterocycles. The van der Waals surface area contributed by atoms with Gasteiger partial charge in [-0.15, -0.1) is 0 Å². The van der Waals surface area contributed by atoms with Crippen molar-refractivity contribution >= 4 is 22.8 Å². The Kier molecular flexibility index (Phi) is 5.10. The summed E-state index contributed by atoms with van der Waals surface area (Å²) in [6.07, 6.45) is 0. The molecule has 1 saturated heterocycles. The van der Waals surface area contributed by atoms with Crippen LogP contribution in [0.25, 0.3) is 16.6 Å². The minimum Gasteiger partial charge on any atom is -0.497 e. The predicted octanol–water partition coefficient (Wildman–Crippen LogP) is 3.29. The highest BCUT2D eigenvalue weighted by Gasteiger charge is 2.24. The van der Waals surface area contributed by atoms with Crippen molar-refractivity contribution < 1.29 is 9.53 Å². The fourth-order valence-corrected chi connectivity index (χ4v) is 3.66. The first-order valence-electron chi connectivity index (χ1n) is 9.55. The number of hydrogen-bond acceptors (Lipinski definition) is 4. The van der Waals surface area contributed by atoms with Crippen LogP contribution in [0.3, 0.4) is 0 Å². The topological polar surface area (TPSA) is 73.5 Å². The Balaban J connectivity index is 1.79. The summed E-state index contributed by atoms with van der Waals surface area (Å²) in [6, 6.07) is 17.3. The Morgan fingerprint density at radius 2 is 1.76 bits per heavy atom. The molecule has 1 aromatic heterocycles. The van der Waals surface area contributed by atoms with E-state index in [1.165, 1.54) is 0 Å². The molecule has 4 rings (SSSR count). The molecule has 2 amide bonds. The number of benzene rings is 2. The molecule has 0 saturated carbocycles. The number of nitrogens with one attached hydrogen (secondary N) is 1. The van der Waals surface area contributed by atoms with E-state index in [4.69, 9.17) is 4.74 Å². The molecule has 2 aromatic carbocycles. The first-order valence-corrected chi connectivity index (χ1v) is 9.55. The minimum atomic E-state index is -0.188. The van der Waals surface area contributed by atoms with Gasteiger partial charge in [0.25, 0.3) is 0 Å². The lowest BCUT2D eigenvalue weighted by Gasteiger charge is -2.32. The lowest BCUT2D eigenvalue weighted by molar-refractivity contribution is 0.164. The molecular formula is C22H23N5O2. The third-order valence-electron chi connectivity index (χ3n) is 5.33. The van der Waals surface area contributed by atoms with Crippen LogP contribution in [0.2, 0.25) is 0 Å². The van der Waals surface area contributed by atoms with Gasteiger partial charge in [0.2, 0.25) is 0 Å². The second-order valence-electron chi connectivity index (χ2n) is 7.11. The van der Waals surface area contributed by atoms with Crippen molar-refractivity contribution in [3.63, 3.8) is 0 Å². The molecule has 148 valence electrons. The minimum absolute atomic E-state index is 0.188. The lowest BCUT2D eigenvalue weighted by atomic mass is 10.2. The van der Waals surface area contributed by atoms with Gasteiger partial charge in [0.1, 0.15) is 23.2 Å². The number of rotatable bonds is 3. The Labute approximate surface area is 169 Å². The number of carbonyl (C=O) groups excluding carboxylic acids is 1. The Morgan fingerprint density at radius 1 is 1.07 bits per heavy atom. The molecule has 7 heteroatoms. The highest BCUT2D eigenvalue weighted by Crippen LogP contribution is 2.33.